The maximum atomic E-state index is 12.9. The fourth-order valence-corrected chi connectivity index (χ4v) is 3.32. The molecule has 1 aliphatic heterocycles. The Kier molecular flexibility index (Phi) is 4.01. The fourth-order valence-electron chi connectivity index (χ4n) is 3.32. The molecule has 1 aromatic carbocycles. The third-order valence-corrected chi connectivity index (χ3v) is 4.54. The van der Waals surface area contributed by atoms with Gasteiger partial charge in [0.25, 0.3) is 5.91 Å². The zero-order valence-electron chi connectivity index (χ0n) is 14.1. The van der Waals surface area contributed by atoms with Crippen molar-refractivity contribution in [2.24, 2.45) is 0 Å². The molecule has 24 heavy (non-hydrogen) atoms. The average molecular weight is 327 g/mol. The first kappa shape index (κ1) is 16.4. The predicted molar refractivity (Wildman–Crippen MR) is 91.3 cm³/mol. The summed E-state index contributed by atoms with van der Waals surface area (Å²) in [6.45, 7) is 6.56. The van der Waals surface area contributed by atoms with Crippen LogP contribution in [0.25, 0.3) is 10.9 Å². The number of pyridine rings is 1. The molecule has 6 nitrogen and oxygen atoms in total. The summed E-state index contributed by atoms with van der Waals surface area (Å²) in [5.41, 5.74) is 2.76. The van der Waals surface area contributed by atoms with Crippen LogP contribution in [-0.2, 0) is 4.79 Å². The van der Waals surface area contributed by atoms with Crippen LogP contribution in [0.1, 0.15) is 33.6 Å². The topological polar surface area (TPSA) is 91.3 Å². The summed E-state index contributed by atoms with van der Waals surface area (Å²) >= 11 is 0. The van der Waals surface area contributed by atoms with E-state index in [1.165, 1.54) is 0 Å². The van der Waals surface area contributed by atoms with Gasteiger partial charge in [-0.1, -0.05) is 11.6 Å². The smallest absolute Gasteiger partial charge is 0.330 e. The number of carbonyl (C=O) groups excluding carboxylic acids is 1. The quantitative estimate of drug-likeness (QED) is 0.798. The van der Waals surface area contributed by atoms with Gasteiger partial charge in [0, 0.05) is 17.6 Å². The van der Waals surface area contributed by atoms with Crippen LogP contribution in [0.4, 0.5) is 0 Å². The van der Waals surface area contributed by atoms with E-state index >= 15 is 0 Å². The maximum Gasteiger partial charge on any atom is 0.330 e. The first-order chi connectivity index (χ1) is 11.3. The van der Waals surface area contributed by atoms with Crippen LogP contribution in [0.2, 0.25) is 0 Å². The van der Waals surface area contributed by atoms with E-state index in [2.05, 4.69) is 15.6 Å². The molecule has 1 aromatic heterocycles. The van der Waals surface area contributed by atoms with Crippen LogP contribution in [-0.4, -0.2) is 40.6 Å². The van der Waals surface area contributed by atoms with Crippen LogP contribution < -0.4 is 10.6 Å². The Bertz CT molecular complexity index is 839. The third kappa shape index (κ3) is 2.73. The van der Waals surface area contributed by atoms with E-state index in [4.69, 9.17) is 0 Å². The number of nitrogens with zero attached hydrogens (tertiary/aromatic N) is 1. The molecule has 1 saturated heterocycles. The molecular weight excluding hydrogens is 306 g/mol. The molecule has 0 aliphatic carbocycles. The van der Waals surface area contributed by atoms with Gasteiger partial charge in [-0.2, -0.15) is 0 Å². The number of aromatic nitrogens is 1. The van der Waals surface area contributed by atoms with Crippen molar-refractivity contribution in [1.29, 1.82) is 0 Å². The predicted octanol–water partition coefficient (Wildman–Crippen LogP) is 1.71. The number of hydrogen-bond donors (Lipinski definition) is 3. The van der Waals surface area contributed by atoms with Gasteiger partial charge in [-0.15, -0.1) is 0 Å². The molecule has 0 bridgehead atoms. The van der Waals surface area contributed by atoms with Crippen LogP contribution in [0.3, 0.4) is 0 Å². The van der Waals surface area contributed by atoms with Gasteiger partial charge >= 0.3 is 5.97 Å². The minimum absolute atomic E-state index is 0.230. The summed E-state index contributed by atoms with van der Waals surface area (Å²) in [6, 6.07) is 5.66. The highest BCUT2D eigenvalue weighted by molar-refractivity contribution is 6.08. The lowest BCUT2D eigenvalue weighted by molar-refractivity contribution is -0.143. The van der Waals surface area contributed by atoms with Gasteiger partial charge in [0.2, 0.25) is 0 Å². The highest BCUT2D eigenvalue weighted by Crippen LogP contribution is 2.25. The largest absolute Gasteiger partial charge is 0.479 e. The first-order valence-corrected chi connectivity index (χ1v) is 7.98. The van der Waals surface area contributed by atoms with Gasteiger partial charge in [0.1, 0.15) is 0 Å². The number of carboxylic acid groups (broad SMARTS) is 1. The van der Waals surface area contributed by atoms with Crippen LogP contribution >= 0.6 is 0 Å². The highest BCUT2D eigenvalue weighted by Gasteiger charge is 2.43. The minimum atomic E-state index is -1.25. The average Bonchev–Trinajstić information content (AvgIpc) is 2.97. The number of benzene rings is 1. The lowest BCUT2D eigenvalue weighted by Gasteiger charge is -2.25. The van der Waals surface area contributed by atoms with Crippen molar-refractivity contribution in [3.8, 4) is 0 Å². The second-order valence-corrected chi connectivity index (χ2v) is 6.56. The number of hydrogen-bond acceptors (Lipinski definition) is 4. The zero-order chi connectivity index (χ0) is 17.5. The minimum Gasteiger partial charge on any atom is -0.479 e. The highest BCUT2D eigenvalue weighted by atomic mass is 16.4. The molecule has 1 aliphatic rings. The molecule has 126 valence electrons. The van der Waals surface area contributed by atoms with E-state index in [-0.39, 0.29) is 12.5 Å². The maximum absolute atomic E-state index is 12.9. The molecule has 2 aromatic rings. The van der Waals surface area contributed by atoms with Crippen LogP contribution in [0, 0.1) is 20.8 Å². The van der Waals surface area contributed by atoms with Gasteiger partial charge in [0.05, 0.1) is 11.1 Å². The Morgan fingerprint density at radius 1 is 1.25 bits per heavy atom. The molecule has 1 atom stereocenters. The summed E-state index contributed by atoms with van der Waals surface area (Å²) in [4.78, 5) is 29.1. The van der Waals surface area contributed by atoms with Crippen molar-refractivity contribution in [2.45, 2.75) is 32.7 Å². The lowest BCUT2D eigenvalue weighted by Crippen LogP contribution is -2.56. The number of rotatable bonds is 3. The molecule has 0 radical (unpaired) electrons. The second kappa shape index (κ2) is 5.87. The van der Waals surface area contributed by atoms with E-state index in [1.807, 2.05) is 32.9 Å². The third-order valence-electron chi connectivity index (χ3n) is 4.54. The number of nitrogens with one attached hydrogen (secondary N) is 2. The van der Waals surface area contributed by atoms with Crippen molar-refractivity contribution < 1.29 is 14.7 Å². The molecule has 0 spiro atoms. The van der Waals surface area contributed by atoms with E-state index in [9.17, 15) is 14.7 Å². The number of carboxylic acids is 1. The number of aryl methyl sites for hydroxylation is 3. The standard InChI is InChI=1S/C18H21N3O3/c1-10-6-11(2)15-13(7-10)14(8-12(3)20-15)16(22)21-18(17(23)24)4-5-19-9-18/h6-8,19H,4-5,9H2,1-3H3,(H,21,22)(H,23,24). The molecule has 6 heteroatoms. The van der Waals surface area contributed by atoms with Gasteiger partial charge in [-0.25, -0.2) is 4.79 Å². The van der Waals surface area contributed by atoms with Crippen molar-refractivity contribution in [2.75, 3.05) is 13.1 Å². The summed E-state index contributed by atoms with van der Waals surface area (Å²) in [5, 5.41) is 16.0. The Morgan fingerprint density at radius 3 is 2.62 bits per heavy atom. The summed E-state index contributed by atoms with van der Waals surface area (Å²) in [7, 11) is 0. The van der Waals surface area contributed by atoms with E-state index < -0.39 is 11.5 Å². The van der Waals surface area contributed by atoms with Crippen molar-refractivity contribution >= 4 is 22.8 Å². The number of aliphatic carboxylic acids is 1. The van der Waals surface area contributed by atoms with E-state index in [0.717, 1.165) is 27.7 Å². The van der Waals surface area contributed by atoms with Crippen molar-refractivity contribution in [3.05, 3.63) is 40.6 Å². The fraction of sp³-hybridized carbons (Fsp3) is 0.389. The number of amides is 1. The molecule has 2 heterocycles. The van der Waals surface area contributed by atoms with E-state index in [0.29, 0.717) is 18.5 Å². The lowest BCUT2D eigenvalue weighted by atomic mass is 9.96. The number of carbonyl (C=O) groups is 2. The molecule has 3 rings (SSSR count). The van der Waals surface area contributed by atoms with Crippen LogP contribution in [0.15, 0.2) is 18.2 Å². The Labute approximate surface area is 140 Å². The van der Waals surface area contributed by atoms with E-state index in [1.54, 1.807) is 6.07 Å². The van der Waals surface area contributed by atoms with Gasteiger partial charge in [0.15, 0.2) is 5.54 Å². The molecule has 1 amide bonds. The molecular formula is C18H21N3O3. The first-order valence-electron chi connectivity index (χ1n) is 7.98. The number of fused-ring (bicyclic) bond motifs is 1. The molecule has 1 unspecified atom stereocenters. The second-order valence-electron chi connectivity index (χ2n) is 6.56. The SMILES string of the molecule is Cc1cc(C)c2nc(C)cc(C(=O)NC3(C(=O)O)CCNC3)c2c1. The monoisotopic (exact) mass is 327 g/mol. The van der Waals surface area contributed by atoms with Gasteiger partial charge < -0.3 is 15.7 Å². The Hall–Kier alpha value is -2.47. The van der Waals surface area contributed by atoms with Crippen molar-refractivity contribution in [3.63, 3.8) is 0 Å². The zero-order valence-corrected chi connectivity index (χ0v) is 14.1. The van der Waals surface area contributed by atoms with Gasteiger partial charge in [-0.05, 0) is 51.4 Å². The summed E-state index contributed by atoms with van der Waals surface area (Å²) in [5.74, 6) is -1.38. The normalized spacial score (nSPS) is 20.3. The van der Waals surface area contributed by atoms with Crippen LogP contribution in [0.5, 0.6) is 0 Å². The summed E-state index contributed by atoms with van der Waals surface area (Å²) in [6.07, 6.45) is 0.369. The molecule has 1 fully saturated rings. The Morgan fingerprint density at radius 2 is 2.00 bits per heavy atom. The van der Waals surface area contributed by atoms with Crippen molar-refractivity contribution in [1.82, 2.24) is 15.6 Å². The molecule has 3 N–H and O–H groups in total. The Balaban J connectivity index is 2.08. The molecule has 0 saturated carbocycles. The summed E-state index contributed by atoms with van der Waals surface area (Å²) < 4.78 is 0. The van der Waals surface area contributed by atoms with Gasteiger partial charge in [-0.3, -0.25) is 9.78 Å².